The molecule has 1 aromatic rings. The predicted molar refractivity (Wildman–Crippen MR) is 86.9 cm³/mol. The van der Waals surface area contributed by atoms with Crippen LogP contribution in [0.25, 0.3) is 0 Å². The van der Waals surface area contributed by atoms with E-state index in [4.69, 9.17) is 14.2 Å². The third-order valence-electron chi connectivity index (χ3n) is 4.11. The van der Waals surface area contributed by atoms with Gasteiger partial charge in [0, 0.05) is 31.5 Å². The third-order valence-corrected chi connectivity index (χ3v) is 4.11. The second kappa shape index (κ2) is 7.37. The van der Waals surface area contributed by atoms with Crippen molar-refractivity contribution in [2.45, 2.75) is 12.8 Å². The van der Waals surface area contributed by atoms with Gasteiger partial charge in [0.15, 0.2) is 11.5 Å². The molecule has 0 unspecified atom stereocenters. The van der Waals surface area contributed by atoms with Gasteiger partial charge in [-0.3, -0.25) is 0 Å². The predicted octanol–water partition coefficient (Wildman–Crippen LogP) is 2.86. The lowest BCUT2D eigenvalue weighted by molar-refractivity contribution is 0.0906. The second-order valence-corrected chi connectivity index (χ2v) is 5.75. The Labute approximate surface area is 136 Å². The van der Waals surface area contributed by atoms with E-state index in [0.717, 1.165) is 38.2 Å². The molecule has 23 heavy (non-hydrogen) atoms. The molecule has 6 heteroatoms. The van der Waals surface area contributed by atoms with E-state index in [9.17, 15) is 4.79 Å². The number of fused-ring (bicyclic) bond motifs is 1. The number of hydrogen-bond acceptors (Lipinski definition) is 4. The summed E-state index contributed by atoms with van der Waals surface area (Å²) < 4.78 is 16.1. The number of amides is 2. The summed E-state index contributed by atoms with van der Waals surface area (Å²) in [4.78, 5) is 14.2. The molecule has 1 saturated heterocycles. The number of hydrogen-bond donors (Lipinski definition) is 1. The van der Waals surface area contributed by atoms with Gasteiger partial charge in [-0.1, -0.05) is 6.08 Å². The number of likely N-dealkylation sites (tertiary alicyclic amines) is 1. The zero-order valence-corrected chi connectivity index (χ0v) is 13.1. The van der Waals surface area contributed by atoms with Crippen LogP contribution in [0.3, 0.4) is 0 Å². The van der Waals surface area contributed by atoms with E-state index in [1.165, 1.54) is 0 Å². The summed E-state index contributed by atoms with van der Waals surface area (Å²) in [5.41, 5.74) is 0.718. The molecule has 0 aromatic heterocycles. The molecule has 0 atom stereocenters. The molecule has 0 bridgehead atoms. The van der Waals surface area contributed by atoms with Gasteiger partial charge in [0.25, 0.3) is 0 Å². The maximum atomic E-state index is 12.3. The molecule has 2 aliphatic rings. The molecule has 6 nitrogen and oxygen atoms in total. The minimum absolute atomic E-state index is 0.0747. The summed E-state index contributed by atoms with van der Waals surface area (Å²) >= 11 is 0. The number of nitrogens with one attached hydrogen (secondary N) is 1. The zero-order chi connectivity index (χ0) is 16.1. The summed E-state index contributed by atoms with van der Waals surface area (Å²) in [6.07, 6.45) is 3.69. The summed E-state index contributed by atoms with van der Waals surface area (Å²) in [6, 6.07) is 5.34. The lowest BCUT2D eigenvalue weighted by atomic mass is 9.98. The fourth-order valence-corrected chi connectivity index (χ4v) is 2.80. The first-order valence-electron chi connectivity index (χ1n) is 7.90. The Bertz CT molecular complexity index is 568. The Hall–Kier alpha value is -2.21. The first-order valence-corrected chi connectivity index (χ1v) is 7.90. The average Bonchev–Trinajstić information content (AvgIpc) is 3.03. The fraction of sp³-hybridized carbons (Fsp3) is 0.471. The third kappa shape index (κ3) is 3.96. The number of carbonyl (C=O) groups is 1. The lowest BCUT2D eigenvalue weighted by Gasteiger charge is -2.31. The van der Waals surface area contributed by atoms with Crippen molar-refractivity contribution >= 4 is 11.7 Å². The molecule has 2 aliphatic heterocycles. The monoisotopic (exact) mass is 318 g/mol. The molecular formula is C17H22N2O4. The molecule has 3 rings (SSSR count). The van der Waals surface area contributed by atoms with E-state index in [0.29, 0.717) is 24.0 Å². The molecular weight excluding hydrogens is 296 g/mol. The first kappa shape index (κ1) is 15.7. The molecule has 0 radical (unpaired) electrons. The zero-order valence-electron chi connectivity index (χ0n) is 13.1. The molecule has 0 spiro atoms. The highest BCUT2D eigenvalue weighted by Crippen LogP contribution is 2.34. The van der Waals surface area contributed by atoms with E-state index in [2.05, 4.69) is 11.9 Å². The van der Waals surface area contributed by atoms with E-state index in [-0.39, 0.29) is 12.8 Å². The normalized spacial score (nSPS) is 17.1. The fourth-order valence-electron chi connectivity index (χ4n) is 2.80. The van der Waals surface area contributed by atoms with Gasteiger partial charge in [0.1, 0.15) is 0 Å². The Morgan fingerprint density at radius 2 is 2.13 bits per heavy atom. The Kier molecular flexibility index (Phi) is 5.02. The molecule has 2 heterocycles. The van der Waals surface area contributed by atoms with Crippen molar-refractivity contribution in [1.82, 2.24) is 4.90 Å². The molecule has 1 aromatic carbocycles. The van der Waals surface area contributed by atoms with Crippen molar-refractivity contribution in [2.75, 3.05) is 38.4 Å². The summed E-state index contributed by atoms with van der Waals surface area (Å²) in [5.74, 6) is 1.90. The van der Waals surface area contributed by atoms with Crippen LogP contribution in [0.1, 0.15) is 12.8 Å². The number of piperidine rings is 1. The van der Waals surface area contributed by atoms with Crippen LogP contribution >= 0.6 is 0 Å². The maximum Gasteiger partial charge on any atom is 0.321 e. The molecule has 124 valence electrons. The largest absolute Gasteiger partial charge is 0.454 e. The van der Waals surface area contributed by atoms with Gasteiger partial charge in [0.05, 0.1) is 6.61 Å². The van der Waals surface area contributed by atoms with Crippen molar-refractivity contribution < 1.29 is 19.0 Å². The van der Waals surface area contributed by atoms with E-state index < -0.39 is 0 Å². The van der Waals surface area contributed by atoms with Crippen LogP contribution < -0.4 is 14.8 Å². The standard InChI is InChI=1S/C17H22N2O4/c1-2-9-21-11-13-5-7-19(8-6-13)17(20)18-14-3-4-15-16(10-14)23-12-22-15/h2-4,10,13H,1,5-9,11-12H2,(H,18,20). The second-order valence-electron chi connectivity index (χ2n) is 5.75. The first-order chi connectivity index (χ1) is 11.3. The van der Waals surface area contributed by atoms with Crippen molar-refractivity contribution in [1.29, 1.82) is 0 Å². The van der Waals surface area contributed by atoms with Crippen LogP contribution in [-0.4, -0.2) is 44.0 Å². The van der Waals surface area contributed by atoms with Crippen LogP contribution in [0, 0.1) is 5.92 Å². The quantitative estimate of drug-likeness (QED) is 0.670. The van der Waals surface area contributed by atoms with Crippen LogP contribution in [0.4, 0.5) is 10.5 Å². The summed E-state index contributed by atoms with van der Waals surface area (Å²) in [5, 5.41) is 2.92. The van der Waals surface area contributed by atoms with E-state index in [1.54, 1.807) is 18.2 Å². The SMILES string of the molecule is C=CCOCC1CCN(C(=O)Nc2ccc3c(c2)OCO3)CC1. The highest BCUT2D eigenvalue weighted by atomic mass is 16.7. The van der Waals surface area contributed by atoms with E-state index >= 15 is 0 Å². The number of anilines is 1. The Balaban J connectivity index is 1.47. The van der Waals surface area contributed by atoms with Crippen LogP contribution in [0.15, 0.2) is 30.9 Å². The maximum absolute atomic E-state index is 12.3. The van der Waals surface area contributed by atoms with Crippen molar-refractivity contribution in [3.8, 4) is 11.5 Å². The van der Waals surface area contributed by atoms with Gasteiger partial charge in [0.2, 0.25) is 6.79 Å². The topological polar surface area (TPSA) is 60.0 Å². The van der Waals surface area contributed by atoms with Crippen LogP contribution in [0.5, 0.6) is 11.5 Å². The molecule has 0 aliphatic carbocycles. The van der Waals surface area contributed by atoms with Crippen LogP contribution in [0.2, 0.25) is 0 Å². The summed E-state index contributed by atoms with van der Waals surface area (Å²) in [6.45, 7) is 6.69. The minimum atomic E-state index is -0.0747. The van der Waals surface area contributed by atoms with Gasteiger partial charge in [-0.25, -0.2) is 4.79 Å². The number of carbonyl (C=O) groups excluding carboxylic acids is 1. The number of ether oxygens (including phenoxy) is 3. The average molecular weight is 318 g/mol. The number of benzene rings is 1. The minimum Gasteiger partial charge on any atom is -0.454 e. The Morgan fingerprint density at radius 3 is 2.91 bits per heavy atom. The van der Waals surface area contributed by atoms with Crippen molar-refractivity contribution in [2.24, 2.45) is 5.92 Å². The van der Waals surface area contributed by atoms with Crippen molar-refractivity contribution in [3.63, 3.8) is 0 Å². The van der Waals surface area contributed by atoms with Gasteiger partial charge < -0.3 is 24.4 Å². The lowest BCUT2D eigenvalue weighted by Crippen LogP contribution is -2.41. The van der Waals surface area contributed by atoms with Gasteiger partial charge in [-0.05, 0) is 30.9 Å². The summed E-state index contributed by atoms with van der Waals surface area (Å²) in [7, 11) is 0. The van der Waals surface area contributed by atoms with Gasteiger partial charge in [-0.15, -0.1) is 6.58 Å². The van der Waals surface area contributed by atoms with Crippen LogP contribution in [-0.2, 0) is 4.74 Å². The highest BCUT2D eigenvalue weighted by Gasteiger charge is 2.23. The van der Waals surface area contributed by atoms with Crippen molar-refractivity contribution in [3.05, 3.63) is 30.9 Å². The molecule has 1 N–H and O–H groups in total. The molecule has 0 saturated carbocycles. The van der Waals surface area contributed by atoms with E-state index in [1.807, 2.05) is 11.0 Å². The Morgan fingerprint density at radius 1 is 1.35 bits per heavy atom. The number of nitrogens with zero attached hydrogens (tertiary/aromatic N) is 1. The highest BCUT2D eigenvalue weighted by molar-refractivity contribution is 5.89. The molecule has 2 amide bonds. The van der Waals surface area contributed by atoms with Gasteiger partial charge >= 0.3 is 6.03 Å². The smallest absolute Gasteiger partial charge is 0.321 e. The number of urea groups is 1. The number of rotatable bonds is 5. The van der Waals surface area contributed by atoms with Gasteiger partial charge in [-0.2, -0.15) is 0 Å². The molecule has 1 fully saturated rings.